The predicted octanol–water partition coefficient (Wildman–Crippen LogP) is 16.0. The highest BCUT2D eigenvalue weighted by atomic mass is 32.2. The quantitative estimate of drug-likeness (QED) is 0.0233. The molecule has 6 unspecified atom stereocenters. The van der Waals surface area contributed by atoms with Crippen molar-refractivity contribution in [3.05, 3.63) is 108 Å². The zero-order valence-electron chi connectivity index (χ0n) is 53.0. The molecule has 16 nitrogen and oxygen atoms in total. The Balaban J connectivity index is 1.43. The lowest BCUT2D eigenvalue weighted by atomic mass is 9.98. The second-order valence-corrected chi connectivity index (χ2v) is 25.0. The molecule has 1 aliphatic heterocycles. The number of ether oxygens (including phenoxy) is 8. The molecule has 6 atom stereocenters. The van der Waals surface area contributed by atoms with E-state index in [4.69, 9.17) is 37.9 Å². The van der Waals surface area contributed by atoms with Crippen LogP contribution in [0.5, 0.6) is 0 Å². The first-order valence-corrected chi connectivity index (χ1v) is 35.1. The van der Waals surface area contributed by atoms with Crippen molar-refractivity contribution in [1.29, 1.82) is 0 Å². The van der Waals surface area contributed by atoms with Crippen molar-refractivity contribution in [1.82, 2.24) is 5.32 Å². The van der Waals surface area contributed by atoms with Crippen LogP contribution in [0.4, 0.5) is 4.79 Å². The van der Waals surface area contributed by atoms with E-state index in [1.807, 2.05) is 78.9 Å². The van der Waals surface area contributed by atoms with E-state index in [9.17, 15) is 32.1 Å². The van der Waals surface area contributed by atoms with Gasteiger partial charge in [0.15, 0.2) is 18.5 Å². The Hall–Kier alpha value is -4.91. The summed E-state index contributed by atoms with van der Waals surface area (Å²) in [7, 11) is -4.82. The molecule has 0 aromatic heterocycles. The molecule has 1 amide bonds. The largest absolute Gasteiger partial charge is 0.462 e. The maximum atomic E-state index is 13.7. The molecule has 0 saturated carbocycles. The zero-order chi connectivity index (χ0) is 62.3. The average Bonchev–Trinajstić information content (AvgIpc) is 1.16. The summed E-state index contributed by atoms with van der Waals surface area (Å²) in [4.78, 5) is 53.2. The normalized spacial score (nSPS) is 17.1. The number of carbonyl (C=O) groups excluding carboxylic acids is 4. The molecule has 0 spiro atoms. The summed E-state index contributed by atoms with van der Waals surface area (Å²) in [6.45, 7) is 3.54. The molecule has 2 N–H and O–H groups in total. The summed E-state index contributed by atoms with van der Waals surface area (Å²) in [5.74, 6) is -2.82. The van der Waals surface area contributed by atoms with Gasteiger partial charge in [0, 0.05) is 19.4 Å². The molecule has 3 aromatic carbocycles. The fourth-order valence-electron chi connectivity index (χ4n) is 10.7. The fourth-order valence-corrected chi connectivity index (χ4v) is 11.4. The van der Waals surface area contributed by atoms with E-state index in [0.717, 1.165) is 55.2 Å². The van der Waals surface area contributed by atoms with Crippen LogP contribution >= 0.6 is 0 Å². The molecule has 4 rings (SSSR count). The van der Waals surface area contributed by atoms with E-state index >= 15 is 0 Å². The number of benzene rings is 3. The van der Waals surface area contributed by atoms with Crippen LogP contribution < -0.4 is 5.32 Å². The Morgan fingerprint density at radius 2 is 0.862 bits per heavy atom. The van der Waals surface area contributed by atoms with Crippen LogP contribution in [0.1, 0.15) is 242 Å². The minimum atomic E-state index is -4.82. The van der Waals surface area contributed by atoms with Gasteiger partial charge in [-0.2, -0.15) is 8.42 Å². The second kappa shape index (κ2) is 48.0. The Labute approximate surface area is 522 Å². The van der Waals surface area contributed by atoms with E-state index in [1.165, 1.54) is 141 Å². The lowest BCUT2D eigenvalue weighted by molar-refractivity contribution is -0.317. The van der Waals surface area contributed by atoms with Gasteiger partial charge in [0.25, 0.3) is 10.1 Å². The molecule has 1 fully saturated rings. The summed E-state index contributed by atoms with van der Waals surface area (Å²) in [6, 6.07) is 27.4. The third-order valence-electron chi connectivity index (χ3n) is 15.8. The SMILES string of the molecule is CCCCCCCCCCCCCCCCCC(=O)OCC(COC1OC(CS(=O)(=O)O)C(OC(=O)CCNC(=O)OCc2ccccc2)C(OCc2ccccc2)C1OCc1ccccc1)OC(=O)CCCCCCCCCCCCCCCCC. The van der Waals surface area contributed by atoms with Crippen LogP contribution in [-0.4, -0.2) is 99.3 Å². The summed E-state index contributed by atoms with van der Waals surface area (Å²) >= 11 is 0. The maximum Gasteiger partial charge on any atom is 0.407 e. The van der Waals surface area contributed by atoms with Crippen LogP contribution in [0, 0.1) is 0 Å². The Morgan fingerprint density at radius 3 is 1.30 bits per heavy atom. The van der Waals surface area contributed by atoms with E-state index in [-0.39, 0.29) is 58.8 Å². The van der Waals surface area contributed by atoms with E-state index in [2.05, 4.69) is 19.2 Å². The average molecular weight is 1240 g/mol. The van der Waals surface area contributed by atoms with Crippen molar-refractivity contribution in [2.24, 2.45) is 0 Å². The van der Waals surface area contributed by atoms with Gasteiger partial charge in [-0.3, -0.25) is 18.9 Å². The van der Waals surface area contributed by atoms with Gasteiger partial charge in [-0.15, -0.1) is 0 Å². The minimum absolute atomic E-state index is 0.00929. The Bertz CT molecular complexity index is 2330. The lowest BCUT2D eigenvalue weighted by Gasteiger charge is -2.45. The molecule has 3 aromatic rings. The fraction of sp³-hybridized carbons (Fsp3) is 0.686. The van der Waals surface area contributed by atoms with Gasteiger partial charge < -0.3 is 43.2 Å². The summed E-state index contributed by atoms with van der Waals surface area (Å²) in [5, 5.41) is 2.53. The van der Waals surface area contributed by atoms with Gasteiger partial charge in [0.2, 0.25) is 0 Å². The Kier molecular flexibility index (Phi) is 41.1. The van der Waals surface area contributed by atoms with Crippen LogP contribution in [0.25, 0.3) is 0 Å². The van der Waals surface area contributed by atoms with E-state index in [0.29, 0.717) is 12.8 Å². The zero-order valence-corrected chi connectivity index (χ0v) is 53.8. The number of amides is 1. The summed E-state index contributed by atoms with van der Waals surface area (Å²) < 4.78 is 85.0. The molecule has 17 heteroatoms. The summed E-state index contributed by atoms with van der Waals surface area (Å²) in [6.07, 6.45) is 26.8. The first-order chi connectivity index (χ1) is 42.4. The summed E-state index contributed by atoms with van der Waals surface area (Å²) in [5.41, 5.74) is 2.25. The maximum absolute atomic E-state index is 13.7. The van der Waals surface area contributed by atoms with Gasteiger partial charge in [-0.25, -0.2) is 4.79 Å². The topological polar surface area (TPSA) is 209 Å². The molecule has 87 heavy (non-hydrogen) atoms. The van der Waals surface area contributed by atoms with E-state index < -0.39 is 76.7 Å². The predicted molar refractivity (Wildman–Crippen MR) is 340 cm³/mol. The van der Waals surface area contributed by atoms with Crippen molar-refractivity contribution in [3.63, 3.8) is 0 Å². The van der Waals surface area contributed by atoms with Gasteiger partial charge >= 0.3 is 24.0 Å². The molecule has 1 aliphatic rings. The van der Waals surface area contributed by atoms with Crippen LogP contribution in [0.15, 0.2) is 91.0 Å². The molecule has 1 saturated heterocycles. The van der Waals surface area contributed by atoms with Crippen molar-refractivity contribution < 1.29 is 70.0 Å². The second-order valence-electron chi connectivity index (χ2n) is 23.5. The first kappa shape index (κ1) is 74.6. The smallest absolute Gasteiger partial charge is 0.407 e. The van der Waals surface area contributed by atoms with Gasteiger partial charge in [0.1, 0.15) is 37.3 Å². The minimum Gasteiger partial charge on any atom is -0.462 e. The van der Waals surface area contributed by atoms with Crippen LogP contribution in [0.3, 0.4) is 0 Å². The molecular formula is C70H109NO15S. The molecule has 0 aliphatic carbocycles. The van der Waals surface area contributed by atoms with Crippen molar-refractivity contribution in [2.75, 3.05) is 25.5 Å². The lowest BCUT2D eigenvalue weighted by Crippen LogP contribution is -2.62. The van der Waals surface area contributed by atoms with Crippen molar-refractivity contribution in [3.8, 4) is 0 Å². The number of rotatable bonds is 52. The molecular weight excluding hydrogens is 1130 g/mol. The molecule has 0 radical (unpaired) electrons. The standard InChI is InChI=1S/C70H109NO15S/c1-3-5-7-9-11-13-15-17-19-21-23-25-27-29-40-48-63(72)79-55-61(84-64(73)49-41-30-28-26-24-22-20-18-16-14-12-10-8-6-4-2)56-82-69-68(81-53-59-44-36-32-37-45-59)67(80-52-58-42-34-31-35-43-58)66(62(85-69)57-87(76,77)78)86-65(74)50-51-71-70(75)83-54-60-46-38-33-39-47-60/h31-39,42-47,61-62,66-69H,3-30,40-41,48-57H2,1-2H3,(H,71,75)(H,76,77,78). The first-order valence-electron chi connectivity index (χ1n) is 33.5. The van der Waals surface area contributed by atoms with Gasteiger partial charge in [-0.1, -0.05) is 285 Å². The monoisotopic (exact) mass is 1240 g/mol. The molecule has 1 heterocycles. The van der Waals surface area contributed by atoms with Gasteiger partial charge in [-0.05, 0) is 29.5 Å². The third-order valence-corrected chi connectivity index (χ3v) is 16.5. The van der Waals surface area contributed by atoms with Gasteiger partial charge in [0.05, 0.1) is 26.2 Å². The van der Waals surface area contributed by atoms with Crippen LogP contribution in [0.2, 0.25) is 0 Å². The highest BCUT2D eigenvalue weighted by molar-refractivity contribution is 7.85. The number of esters is 3. The number of alkyl carbamates (subject to hydrolysis) is 1. The van der Waals surface area contributed by atoms with Crippen LogP contribution in [-0.2, 0) is 82.2 Å². The highest BCUT2D eigenvalue weighted by Gasteiger charge is 2.51. The number of hydrogen-bond acceptors (Lipinski definition) is 14. The number of hydrogen-bond donors (Lipinski definition) is 2. The molecule has 0 bridgehead atoms. The third kappa shape index (κ3) is 37.0. The Morgan fingerprint density at radius 1 is 0.460 bits per heavy atom. The van der Waals surface area contributed by atoms with Crippen molar-refractivity contribution >= 4 is 34.1 Å². The molecule has 490 valence electrons. The number of carbonyl (C=O) groups is 4. The highest BCUT2D eigenvalue weighted by Crippen LogP contribution is 2.32. The van der Waals surface area contributed by atoms with E-state index in [1.54, 1.807) is 12.1 Å². The number of unbranched alkanes of at least 4 members (excludes halogenated alkanes) is 28. The number of nitrogens with one attached hydrogen (secondary N) is 1. The van der Waals surface area contributed by atoms with Crippen molar-refractivity contribution in [2.45, 2.75) is 282 Å².